The maximum Gasteiger partial charge on any atom is 0.363 e. The lowest BCUT2D eigenvalue weighted by Crippen LogP contribution is -2.56. The molecule has 0 aliphatic carbocycles. The van der Waals surface area contributed by atoms with Gasteiger partial charge in [-0.15, -0.1) is 0 Å². The van der Waals surface area contributed by atoms with Crippen LogP contribution in [-0.4, -0.2) is 60.7 Å². The lowest BCUT2D eigenvalue weighted by Gasteiger charge is -2.31. The molecule has 0 saturated carbocycles. The van der Waals surface area contributed by atoms with Gasteiger partial charge < -0.3 is 30.5 Å². The van der Waals surface area contributed by atoms with Crippen molar-refractivity contribution in [2.75, 3.05) is 12.3 Å². The van der Waals surface area contributed by atoms with Crippen molar-refractivity contribution in [2.24, 2.45) is 0 Å². The van der Waals surface area contributed by atoms with E-state index in [0.29, 0.717) is 10.1 Å². The zero-order valence-corrected chi connectivity index (χ0v) is 14.0. The Morgan fingerprint density at radius 3 is 2.78 bits per heavy atom. The molecule has 2 aromatic rings. The van der Waals surface area contributed by atoms with Crippen molar-refractivity contribution in [1.82, 2.24) is 14.5 Å². The highest BCUT2D eigenvalue weighted by molar-refractivity contribution is 5.78. The smallest absolute Gasteiger partial charge is 0.363 e. The third-order valence-corrected chi connectivity index (χ3v) is 4.18. The number of ether oxygens (including phenoxy) is 2. The van der Waals surface area contributed by atoms with E-state index in [0.717, 1.165) is 6.20 Å². The lowest BCUT2D eigenvalue weighted by molar-refractivity contribution is -0.203. The first-order valence-corrected chi connectivity index (χ1v) is 7.96. The summed E-state index contributed by atoms with van der Waals surface area (Å²) in [5.41, 5.74) is 2.57. The van der Waals surface area contributed by atoms with Crippen LogP contribution >= 0.6 is 0 Å². The first-order chi connectivity index (χ1) is 12.9. The molecule has 0 aromatic carbocycles. The van der Waals surface area contributed by atoms with Crippen LogP contribution in [-0.2, 0) is 26.6 Å². The number of nitrogens with zero attached hydrogens (tertiary/aromatic N) is 3. The van der Waals surface area contributed by atoms with Gasteiger partial charge in [-0.25, -0.2) is 9.59 Å². The van der Waals surface area contributed by atoms with Crippen LogP contribution in [0.4, 0.5) is 5.82 Å². The number of nitrogens with two attached hydrogens (primary N) is 1. The maximum atomic E-state index is 12.9. The van der Waals surface area contributed by atoms with Crippen molar-refractivity contribution in [3.05, 3.63) is 52.8 Å². The van der Waals surface area contributed by atoms with Gasteiger partial charge in [-0.2, -0.15) is 4.98 Å². The molecule has 0 unspecified atom stereocenters. The third-order valence-electron chi connectivity index (χ3n) is 4.18. The number of anilines is 1. The van der Waals surface area contributed by atoms with E-state index in [2.05, 4.69) is 9.97 Å². The number of rotatable bonds is 5. The topological polar surface area (TPSA) is 170 Å². The molecule has 2 aromatic heterocycles. The fourth-order valence-corrected chi connectivity index (χ4v) is 2.82. The van der Waals surface area contributed by atoms with Crippen LogP contribution in [0.2, 0.25) is 0 Å². The van der Waals surface area contributed by atoms with Crippen molar-refractivity contribution in [2.45, 2.75) is 30.6 Å². The summed E-state index contributed by atoms with van der Waals surface area (Å²) < 4.78 is 11.3. The zero-order chi connectivity index (χ0) is 19.6. The molecule has 0 amide bonds. The molecule has 4 atom stereocenters. The van der Waals surface area contributed by atoms with Gasteiger partial charge in [0.2, 0.25) is 0 Å². The van der Waals surface area contributed by atoms with E-state index in [-0.39, 0.29) is 12.4 Å². The van der Waals surface area contributed by atoms with E-state index in [1.807, 2.05) is 0 Å². The summed E-state index contributed by atoms with van der Waals surface area (Å²) in [5, 5.41) is 30.0. The summed E-state index contributed by atoms with van der Waals surface area (Å²) in [4.78, 5) is 32.5. The molecule has 11 nitrogen and oxygen atoms in total. The van der Waals surface area contributed by atoms with Gasteiger partial charge in [0.05, 0.1) is 6.61 Å². The van der Waals surface area contributed by atoms with E-state index in [1.54, 1.807) is 18.3 Å². The lowest BCUT2D eigenvalue weighted by atomic mass is 10.0. The van der Waals surface area contributed by atoms with Crippen LogP contribution in [0.5, 0.6) is 0 Å². The predicted octanol–water partition coefficient (Wildman–Crippen LogP) is -2.27. The molecule has 3 heterocycles. The first-order valence-electron chi connectivity index (χ1n) is 7.96. The van der Waals surface area contributed by atoms with Gasteiger partial charge in [0.25, 0.3) is 5.72 Å². The van der Waals surface area contributed by atoms with Gasteiger partial charge in [0, 0.05) is 24.2 Å². The summed E-state index contributed by atoms with van der Waals surface area (Å²) in [7, 11) is 0. The maximum absolute atomic E-state index is 12.9. The molecule has 1 aliphatic rings. The van der Waals surface area contributed by atoms with Gasteiger partial charge >= 0.3 is 11.7 Å². The Kier molecular flexibility index (Phi) is 5.19. The van der Waals surface area contributed by atoms with Crippen LogP contribution in [0.15, 0.2) is 41.6 Å². The number of aliphatic hydroxyl groups is 3. The van der Waals surface area contributed by atoms with Crippen molar-refractivity contribution >= 4 is 11.8 Å². The minimum atomic E-state index is -2.44. The highest BCUT2D eigenvalue weighted by Crippen LogP contribution is 2.36. The fraction of sp³-hybridized carbons (Fsp3) is 0.375. The van der Waals surface area contributed by atoms with E-state index >= 15 is 0 Å². The average Bonchev–Trinajstić information content (AvgIpc) is 2.92. The SMILES string of the molecule is Nc1ccn([C@]2(C(=O)OCc3cccnc3)O[C@H](CO)[C@@H](O)[C@H]2O)c(=O)n1. The Morgan fingerprint density at radius 1 is 1.41 bits per heavy atom. The normalized spacial score (nSPS) is 27.4. The Morgan fingerprint density at radius 2 is 2.19 bits per heavy atom. The molecular formula is C16H18N4O7. The molecule has 144 valence electrons. The molecule has 0 bridgehead atoms. The van der Waals surface area contributed by atoms with Gasteiger partial charge in [-0.3, -0.25) is 9.55 Å². The molecule has 11 heteroatoms. The van der Waals surface area contributed by atoms with E-state index in [1.165, 1.54) is 12.3 Å². The molecule has 1 saturated heterocycles. The van der Waals surface area contributed by atoms with Crippen LogP contribution in [0.3, 0.4) is 0 Å². The van der Waals surface area contributed by atoms with Crippen molar-refractivity contribution in [3.63, 3.8) is 0 Å². The summed E-state index contributed by atoms with van der Waals surface area (Å²) in [6.07, 6.45) is -0.779. The van der Waals surface area contributed by atoms with Gasteiger partial charge in [-0.05, 0) is 12.1 Å². The quantitative estimate of drug-likeness (QED) is 0.416. The summed E-state index contributed by atoms with van der Waals surface area (Å²) >= 11 is 0. The van der Waals surface area contributed by atoms with Crippen LogP contribution in [0.1, 0.15) is 5.56 Å². The highest BCUT2D eigenvalue weighted by Gasteiger charge is 2.62. The molecule has 1 aliphatic heterocycles. The number of esters is 1. The fourth-order valence-electron chi connectivity index (χ4n) is 2.82. The molecule has 1 fully saturated rings. The second kappa shape index (κ2) is 7.40. The molecular weight excluding hydrogens is 360 g/mol. The predicted molar refractivity (Wildman–Crippen MR) is 88.9 cm³/mol. The van der Waals surface area contributed by atoms with Gasteiger partial charge in [-0.1, -0.05) is 6.07 Å². The number of aliphatic hydroxyl groups excluding tert-OH is 3. The number of carbonyl (C=O) groups excluding carboxylic acids is 1. The van der Waals surface area contributed by atoms with E-state index < -0.39 is 42.3 Å². The summed E-state index contributed by atoms with van der Waals surface area (Å²) in [6, 6.07) is 4.51. The van der Waals surface area contributed by atoms with Crippen molar-refractivity contribution in [3.8, 4) is 0 Å². The monoisotopic (exact) mass is 378 g/mol. The standard InChI is InChI=1S/C16H18N4O7/c17-11-3-5-20(15(25)19-11)16(13(23)12(22)10(7-21)27-16)14(24)26-8-9-2-1-4-18-6-9/h1-6,10,12-13,21-23H,7-8H2,(H2,17,19,25)/t10-,12-,13-,16+/m1/s1. The molecule has 27 heavy (non-hydrogen) atoms. The average molecular weight is 378 g/mol. The van der Waals surface area contributed by atoms with Crippen LogP contribution in [0.25, 0.3) is 0 Å². The number of nitrogen functional groups attached to an aromatic ring is 1. The van der Waals surface area contributed by atoms with E-state index in [9.17, 15) is 24.9 Å². The summed E-state index contributed by atoms with van der Waals surface area (Å²) in [5.74, 6) is -1.26. The number of carbonyl (C=O) groups is 1. The Hall–Kier alpha value is -2.86. The Bertz CT molecular complexity index is 875. The van der Waals surface area contributed by atoms with Crippen LogP contribution < -0.4 is 11.4 Å². The molecule has 0 radical (unpaired) electrons. The third kappa shape index (κ3) is 3.28. The second-order valence-corrected chi connectivity index (χ2v) is 5.91. The minimum absolute atomic E-state index is 0.109. The van der Waals surface area contributed by atoms with Gasteiger partial charge in [0.15, 0.2) is 0 Å². The van der Waals surface area contributed by atoms with Crippen LogP contribution in [0, 0.1) is 0 Å². The first kappa shape index (κ1) is 18.9. The number of pyridine rings is 1. The molecule has 0 spiro atoms. The Labute approximate surface area is 152 Å². The van der Waals surface area contributed by atoms with Gasteiger partial charge in [0.1, 0.15) is 30.7 Å². The van der Waals surface area contributed by atoms with Crippen molar-refractivity contribution < 1.29 is 29.6 Å². The van der Waals surface area contributed by atoms with Crippen molar-refractivity contribution in [1.29, 1.82) is 0 Å². The Balaban J connectivity index is 2.00. The number of hydrogen-bond acceptors (Lipinski definition) is 10. The minimum Gasteiger partial charge on any atom is -0.457 e. The number of hydrogen-bond donors (Lipinski definition) is 4. The second-order valence-electron chi connectivity index (χ2n) is 5.91. The largest absolute Gasteiger partial charge is 0.457 e. The number of aromatic nitrogens is 3. The zero-order valence-electron chi connectivity index (χ0n) is 14.0. The van der Waals surface area contributed by atoms with E-state index in [4.69, 9.17) is 15.2 Å². The molecule has 5 N–H and O–H groups in total. The molecule has 3 rings (SSSR count). The highest BCUT2D eigenvalue weighted by atomic mass is 16.6. The summed E-state index contributed by atoms with van der Waals surface area (Å²) in [6.45, 7) is -0.922.